The Balaban J connectivity index is 0.860. The predicted molar refractivity (Wildman–Crippen MR) is 122 cm³/mol. The van der Waals surface area contributed by atoms with Crippen molar-refractivity contribution in [1.82, 2.24) is 34.9 Å². The Morgan fingerprint density at radius 3 is 2.19 bits per heavy atom. The summed E-state index contributed by atoms with van der Waals surface area (Å²) in [6.45, 7) is 3.25. The van der Waals surface area contributed by atoms with Crippen molar-refractivity contribution >= 4 is 6.03 Å². The van der Waals surface area contributed by atoms with Gasteiger partial charge in [0.05, 0.1) is 11.9 Å². The molecule has 36 heavy (non-hydrogen) atoms. The fourth-order valence-corrected chi connectivity index (χ4v) is 7.14. The van der Waals surface area contributed by atoms with Gasteiger partial charge in [0.2, 0.25) is 0 Å². The van der Waals surface area contributed by atoms with Crippen molar-refractivity contribution in [3.8, 4) is 0 Å². The molecule has 1 N–H and O–H groups in total. The standard InChI is InChI=1S/C25H30F3N7O/c26-25(27,28)19-10-29-18(9-30-19)5-15-3-4-23(6-15)11-34(12-23)22(36)35-13-24(14-35)7-17(8-24)21-31-20(32-33-21)16-1-2-16/h9-10,15-17H,1-8,11-14H2,(H,31,32,33)/t15-/m1/s1. The van der Waals surface area contributed by atoms with Crippen LogP contribution in [0.15, 0.2) is 12.4 Å². The average molecular weight is 502 g/mol. The number of carbonyl (C=O) groups is 1. The van der Waals surface area contributed by atoms with E-state index >= 15 is 0 Å². The quantitative estimate of drug-likeness (QED) is 0.680. The minimum Gasteiger partial charge on any atom is -0.328 e. The van der Waals surface area contributed by atoms with Crippen molar-refractivity contribution in [2.24, 2.45) is 16.7 Å². The van der Waals surface area contributed by atoms with Crippen molar-refractivity contribution < 1.29 is 18.0 Å². The number of amides is 2. The fourth-order valence-electron chi connectivity index (χ4n) is 7.14. The Morgan fingerprint density at radius 1 is 0.917 bits per heavy atom. The van der Waals surface area contributed by atoms with E-state index in [1.54, 1.807) is 0 Å². The zero-order valence-corrected chi connectivity index (χ0v) is 20.1. The average Bonchev–Trinajstić information content (AvgIpc) is 3.34. The van der Waals surface area contributed by atoms with E-state index < -0.39 is 11.9 Å². The monoisotopic (exact) mass is 501 g/mol. The number of hydrogen-bond donors (Lipinski definition) is 1. The van der Waals surface area contributed by atoms with Crippen LogP contribution in [-0.4, -0.2) is 67.2 Å². The third-order valence-electron chi connectivity index (χ3n) is 9.18. The van der Waals surface area contributed by atoms with Crippen LogP contribution in [0.4, 0.5) is 18.0 Å². The van der Waals surface area contributed by atoms with Crippen LogP contribution in [0.1, 0.15) is 79.8 Å². The van der Waals surface area contributed by atoms with Crippen LogP contribution in [0.5, 0.6) is 0 Å². The van der Waals surface area contributed by atoms with E-state index in [2.05, 4.69) is 25.1 Å². The van der Waals surface area contributed by atoms with Gasteiger partial charge in [0.1, 0.15) is 11.6 Å². The van der Waals surface area contributed by atoms with E-state index in [9.17, 15) is 18.0 Å². The summed E-state index contributed by atoms with van der Waals surface area (Å²) in [5.41, 5.74) is 0.0792. The molecule has 11 heteroatoms. The number of likely N-dealkylation sites (tertiary alicyclic amines) is 2. The Bertz CT molecular complexity index is 1160. The number of aromatic nitrogens is 5. The van der Waals surface area contributed by atoms with Gasteiger partial charge >= 0.3 is 12.2 Å². The Morgan fingerprint density at radius 2 is 1.58 bits per heavy atom. The minimum absolute atomic E-state index is 0.155. The lowest BCUT2D eigenvalue weighted by atomic mass is 9.57. The summed E-state index contributed by atoms with van der Waals surface area (Å²) in [4.78, 5) is 27.9. The minimum atomic E-state index is -4.46. The van der Waals surface area contributed by atoms with Crippen LogP contribution in [0.25, 0.3) is 0 Å². The molecule has 0 bridgehead atoms. The highest BCUT2D eigenvalue weighted by Gasteiger charge is 2.57. The highest BCUT2D eigenvalue weighted by molar-refractivity contribution is 5.77. The molecule has 0 unspecified atom stereocenters. The Labute approximate surface area is 207 Å². The maximum atomic E-state index is 13.0. The first-order valence-corrected chi connectivity index (χ1v) is 13.0. The van der Waals surface area contributed by atoms with E-state index in [-0.39, 0.29) is 16.9 Å². The van der Waals surface area contributed by atoms with Crippen molar-refractivity contribution in [3.63, 3.8) is 0 Å². The van der Waals surface area contributed by atoms with Gasteiger partial charge in [0.25, 0.3) is 0 Å². The molecule has 3 aliphatic carbocycles. The summed E-state index contributed by atoms with van der Waals surface area (Å²) in [5.74, 6) is 3.48. The summed E-state index contributed by atoms with van der Waals surface area (Å²) < 4.78 is 38.1. The van der Waals surface area contributed by atoms with Crippen molar-refractivity contribution in [1.29, 1.82) is 0 Å². The molecular weight excluding hydrogens is 471 g/mol. The molecule has 2 amide bonds. The number of nitrogens with one attached hydrogen (secondary N) is 1. The molecule has 2 aliphatic heterocycles. The first-order chi connectivity index (χ1) is 17.2. The van der Waals surface area contributed by atoms with Gasteiger partial charge in [0.15, 0.2) is 5.69 Å². The van der Waals surface area contributed by atoms with Crippen molar-refractivity contribution in [2.75, 3.05) is 26.2 Å². The van der Waals surface area contributed by atoms with Crippen LogP contribution in [0.3, 0.4) is 0 Å². The van der Waals surface area contributed by atoms with E-state index in [0.717, 1.165) is 76.1 Å². The van der Waals surface area contributed by atoms with Gasteiger partial charge in [-0.25, -0.2) is 9.78 Å². The smallest absolute Gasteiger partial charge is 0.328 e. The molecule has 2 saturated heterocycles. The lowest BCUT2D eigenvalue weighted by molar-refractivity contribution is -0.141. The summed E-state index contributed by atoms with van der Waals surface area (Å²) in [7, 11) is 0. The van der Waals surface area contributed by atoms with Crippen LogP contribution < -0.4 is 0 Å². The molecule has 0 radical (unpaired) electrons. The second-order valence-corrected chi connectivity index (χ2v) is 12.2. The van der Waals surface area contributed by atoms with Crippen molar-refractivity contribution in [3.05, 3.63) is 35.4 Å². The highest BCUT2D eigenvalue weighted by atomic mass is 19.4. The van der Waals surface area contributed by atoms with Crippen LogP contribution in [0, 0.1) is 16.7 Å². The number of halogens is 3. The molecule has 3 saturated carbocycles. The Hall–Kier alpha value is -2.72. The molecule has 8 nitrogen and oxygen atoms in total. The molecule has 4 heterocycles. The third kappa shape index (κ3) is 3.85. The molecule has 0 aromatic carbocycles. The number of carbonyl (C=O) groups excluding carboxylic acids is 1. The summed E-state index contributed by atoms with van der Waals surface area (Å²) in [6.07, 6.45) is 5.91. The lowest BCUT2D eigenvalue weighted by Gasteiger charge is -2.60. The zero-order valence-electron chi connectivity index (χ0n) is 20.1. The summed E-state index contributed by atoms with van der Waals surface area (Å²) in [6, 6.07) is 0.155. The van der Waals surface area contributed by atoms with E-state index in [4.69, 9.17) is 0 Å². The molecule has 2 aromatic rings. The normalized spacial score (nSPS) is 26.7. The Kier molecular flexibility index (Phi) is 4.77. The van der Waals surface area contributed by atoms with E-state index in [0.29, 0.717) is 29.9 Å². The second kappa shape index (κ2) is 7.64. The lowest BCUT2D eigenvalue weighted by Crippen LogP contribution is -2.69. The number of hydrogen-bond acceptors (Lipinski definition) is 5. The molecule has 5 fully saturated rings. The van der Waals surface area contributed by atoms with Crippen molar-refractivity contribution in [2.45, 2.75) is 69.4 Å². The van der Waals surface area contributed by atoms with Crippen LogP contribution in [0.2, 0.25) is 0 Å². The van der Waals surface area contributed by atoms with Gasteiger partial charge in [0, 0.05) is 55.0 Å². The number of aromatic amines is 1. The number of alkyl halides is 3. The first-order valence-electron chi connectivity index (χ1n) is 13.0. The fraction of sp³-hybridized carbons (Fsp3) is 0.720. The molecule has 5 aliphatic rings. The highest BCUT2D eigenvalue weighted by Crippen LogP contribution is 2.56. The number of rotatable bonds is 4. The molecule has 2 spiro atoms. The van der Waals surface area contributed by atoms with Gasteiger partial charge in [-0.3, -0.25) is 4.98 Å². The van der Waals surface area contributed by atoms with Crippen LogP contribution >= 0.6 is 0 Å². The first kappa shape index (κ1) is 22.5. The molecular formula is C25H30F3N7O. The van der Waals surface area contributed by atoms with Gasteiger partial charge in [-0.15, -0.1) is 10.2 Å². The predicted octanol–water partition coefficient (Wildman–Crippen LogP) is 4.14. The van der Waals surface area contributed by atoms with Gasteiger partial charge < -0.3 is 14.8 Å². The van der Waals surface area contributed by atoms with Crippen LogP contribution in [-0.2, 0) is 12.6 Å². The van der Waals surface area contributed by atoms with Gasteiger partial charge in [-0.2, -0.15) is 13.2 Å². The number of H-pyrrole nitrogens is 1. The zero-order chi connectivity index (χ0) is 24.7. The molecule has 7 rings (SSSR count). The molecule has 2 aromatic heterocycles. The topological polar surface area (TPSA) is 90.9 Å². The summed E-state index contributed by atoms with van der Waals surface area (Å²) >= 11 is 0. The van der Waals surface area contributed by atoms with E-state index in [1.807, 2.05) is 9.80 Å². The maximum Gasteiger partial charge on any atom is 0.434 e. The number of urea groups is 1. The van der Waals surface area contributed by atoms with Gasteiger partial charge in [-0.1, -0.05) is 0 Å². The summed E-state index contributed by atoms with van der Waals surface area (Å²) in [5, 5.41) is 8.68. The number of nitrogens with zero attached hydrogens (tertiary/aromatic N) is 6. The SMILES string of the molecule is O=C(N1CC2(CC(c3nnc(C4CC4)[nH]3)C2)C1)N1CC2(CC[C@H](Cc3cnc(C(F)(F)F)cn3)C2)C1. The third-order valence-corrected chi connectivity index (χ3v) is 9.18. The maximum absolute atomic E-state index is 13.0. The van der Waals surface area contributed by atoms with E-state index in [1.165, 1.54) is 19.0 Å². The largest absolute Gasteiger partial charge is 0.434 e. The molecule has 192 valence electrons. The molecule has 1 atom stereocenters. The second-order valence-electron chi connectivity index (χ2n) is 12.2. The van der Waals surface area contributed by atoms with Gasteiger partial charge in [-0.05, 0) is 57.3 Å².